The van der Waals surface area contributed by atoms with Crippen molar-refractivity contribution in [2.75, 3.05) is 18.5 Å². The lowest BCUT2D eigenvalue weighted by molar-refractivity contribution is 0.0697. The molecular weight excluding hydrogens is 310 g/mol. The van der Waals surface area contributed by atoms with Gasteiger partial charge in [0, 0.05) is 19.3 Å². The van der Waals surface area contributed by atoms with E-state index in [4.69, 9.17) is 5.11 Å². The first-order chi connectivity index (χ1) is 12.1. The van der Waals surface area contributed by atoms with E-state index < -0.39 is 5.97 Å². The molecule has 0 unspecified atom stereocenters. The fraction of sp³-hybridized carbons (Fsp3) is 0.682. The summed E-state index contributed by atoms with van der Waals surface area (Å²) in [6.07, 6.45) is 16.4. The third-order valence-corrected chi connectivity index (χ3v) is 4.90. The summed E-state index contributed by atoms with van der Waals surface area (Å²) < 4.78 is 0. The second kappa shape index (κ2) is 13.7. The van der Waals surface area contributed by atoms with Gasteiger partial charge in [-0.2, -0.15) is 0 Å². The second-order valence-corrected chi connectivity index (χ2v) is 7.16. The number of unbranched alkanes of at least 4 members (excludes halogenated alkanes) is 11. The van der Waals surface area contributed by atoms with Gasteiger partial charge in [-0.25, -0.2) is 4.79 Å². The van der Waals surface area contributed by atoms with Crippen molar-refractivity contribution in [3.8, 4) is 0 Å². The van der Waals surface area contributed by atoms with Gasteiger partial charge in [0.05, 0.1) is 5.56 Å². The average molecular weight is 348 g/mol. The quantitative estimate of drug-likeness (QED) is 0.367. The van der Waals surface area contributed by atoms with Gasteiger partial charge in [-0.15, -0.1) is 0 Å². The molecule has 0 aliphatic carbocycles. The first-order valence-electron chi connectivity index (χ1n) is 10.2. The van der Waals surface area contributed by atoms with Gasteiger partial charge in [-0.1, -0.05) is 77.6 Å². The van der Waals surface area contributed by atoms with Gasteiger partial charge in [0.1, 0.15) is 0 Å². The highest BCUT2D eigenvalue weighted by Gasteiger charge is 2.04. The van der Waals surface area contributed by atoms with Crippen molar-refractivity contribution >= 4 is 11.7 Å². The van der Waals surface area contributed by atoms with Gasteiger partial charge in [0.15, 0.2) is 0 Å². The number of carboxylic acids is 1. The Kier molecular flexibility index (Phi) is 11.8. The summed E-state index contributed by atoms with van der Waals surface area (Å²) in [7, 11) is 2.08. The molecule has 0 radical (unpaired) electrons. The van der Waals surface area contributed by atoms with E-state index in [0.29, 0.717) is 5.56 Å². The number of nitrogens with zero attached hydrogens (tertiary/aromatic N) is 1. The predicted octanol–water partition coefficient (Wildman–Crippen LogP) is 6.52. The first kappa shape index (κ1) is 21.5. The Morgan fingerprint density at radius 2 is 1.24 bits per heavy atom. The van der Waals surface area contributed by atoms with E-state index in [1.54, 1.807) is 12.1 Å². The fourth-order valence-corrected chi connectivity index (χ4v) is 3.18. The average Bonchev–Trinajstić information content (AvgIpc) is 2.62. The van der Waals surface area contributed by atoms with Crippen LogP contribution in [0.25, 0.3) is 0 Å². The van der Waals surface area contributed by atoms with Gasteiger partial charge in [0.2, 0.25) is 0 Å². The standard InChI is InChI=1S/C22H37NO2/c1-3-4-5-6-7-8-9-10-11-12-13-14-19-23(2)21-17-15-20(16-18-21)22(24)25/h15-18H,3-14,19H2,1-2H3,(H,24,25). The van der Waals surface area contributed by atoms with Crippen molar-refractivity contribution in [1.29, 1.82) is 0 Å². The number of carboxylic acid groups (broad SMARTS) is 1. The van der Waals surface area contributed by atoms with Gasteiger partial charge in [0.25, 0.3) is 0 Å². The number of anilines is 1. The summed E-state index contributed by atoms with van der Waals surface area (Å²) in [5.41, 5.74) is 1.44. The molecule has 1 rings (SSSR count). The molecule has 0 atom stereocenters. The number of benzene rings is 1. The lowest BCUT2D eigenvalue weighted by Gasteiger charge is -2.19. The van der Waals surface area contributed by atoms with Crippen LogP contribution in [0.1, 0.15) is 94.3 Å². The van der Waals surface area contributed by atoms with E-state index >= 15 is 0 Å². The highest BCUT2D eigenvalue weighted by Crippen LogP contribution is 2.16. The third kappa shape index (κ3) is 10.2. The van der Waals surface area contributed by atoms with E-state index in [-0.39, 0.29) is 0 Å². The Hall–Kier alpha value is -1.51. The van der Waals surface area contributed by atoms with E-state index in [1.165, 1.54) is 77.0 Å². The minimum absolute atomic E-state index is 0.350. The zero-order chi connectivity index (χ0) is 18.3. The molecule has 0 heterocycles. The molecule has 1 N–H and O–H groups in total. The minimum atomic E-state index is -0.866. The van der Waals surface area contributed by atoms with Crippen molar-refractivity contribution in [2.24, 2.45) is 0 Å². The molecule has 1 aromatic carbocycles. The Morgan fingerprint density at radius 3 is 1.68 bits per heavy atom. The molecule has 3 nitrogen and oxygen atoms in total. The van der Waals surface area contributed by atoms with Crippen molar-refractivity contribution in [1.82, 2.24) is 0 Å². The molecule has 0 aromatic heterocycles. The summed E-state index contributed by atoms with van der Waals surface area (Å²) >= 11 is 0. The van der Waals surface area contributed by atoms with E-state index in [2.05, 4.69) is 18.9 Å². The Morgan fingerprint density at radius 1 is 0.800 bits per heavy atom. The number of aromatic carboxylic acids is 1. The summed E-state index contributed by atoms with van der Waals surface area (Å²) in [5.74, 6) is -0.866. The normalized spacial score (nSPS) is 10.8. The molecule has 0 bridgehead atoms. The maximum atomic E-state index is 10.9. The molecule has 0 aliphatic heterocycles. The number of hydrogen-bond donors (Lipinski definition) is 1. The molecule has 0 saturated carbocycles. The molecule has 3 heteroatoms. The fourth-order valence-electron chi connectivity index (χ4n) is 3.18. The number of rotatable bonds is 15. The molecule has 0 saturated heterocycles. The lowest BCUT2D eigenvalue weighted by atomic mass is 10.1. The monoisotopic (exact) mass is 347 g/mol. The maximum Gasteiger partial charge on any atom is 0.335 e. The molecule has 142 valence electrons. The maximum absolute atomic E-state index is 10.9. The number of carbonyl (C=O) groups is 1. The van der Waals surface area contributed by atoms with Crippen LogP contribution < -0.4 is 4.90 Å². The smallest absolute Gasteiger partial charge is 0.335 e. The van der Waals surface area contributed by atoms with Gasteiger partial charge in [-0.05, 0) is 30.7 Å². The SMILES string of the molecule is CCCCCCCCCCCCCCN(C)c1ccc(C(=O)O)cc1. The van der Waals surface area contributed by atoms with Crippen molar-refractivity contribution < 1.29 is 9.90 Å². The van der Waals surface area contributed by atoms with Gasteiger partial charge in [-0.3, -0.25) is 0 Å². The summed E-state index contributed by atoms with van der Waals surface area (Å²) in [4.78, 5) is 13.1. The van der Waals surface area contributed by atoms with E-state index in [9.17, 15) is 4.79 Å². The number of hydrogen-bond acceptors (Lipinski definition) is 2. The largest absolute Gasteiger partial charge is 0.478 e. The first-order valence-corrected chi connectivity index (χ1v) is 10.2. The van der Waals surface area contributed by atoms with Crippen LogP contribution in [0.15, 0.2) is 24.3 Å². The van der Waals surface area contributed by atoms with Crippen LogP contribution >= 0.6 is 0 Å². The van der Waals surface area contributed by atoms with Crippen LogP contribution in [0.3, 0.4) is 0 Å². The predicted molar refractivity (Wildman–Crippen MR) is 108 cm³/mol. The molecule has 0 fully saturated rings. The van der Waals surface area contributed by atoms with Crippen LogP contribution in [-0.2, 0) is 0 Å². The van der Waals surface area contributed by atoms with Crippen LogP contribution in [0, 0.1) is 0 Å². The van der Waals surface area contributed by atoms with Crippen LogP contribution in [0.4, 0.5) is 5.69 Å². The zero-order valence-corrected chi connectivity index (χ0v) is 16.3. The Bertz CT molecular complexity index is 456. The summed E-state index contributed by atoms with van der Waals surface area (Å²) in [6.45, 7) is 3.30. The van der Waals surface area contributed by atoms with Crippen molar-refractivity contribution in [3.63, 3.8) is 0 Å². The Labute approximate surface area is 154 Å². The van der Waals surface area contributed by atoms with Crippen molar-refractivity contribution in [2.45, 2.75) is 84.0 Å². The van der Waals surface area contributed by atoms with Crippen LogP contribution in [0.5, 0.6) is 0 Å². The second-order valence-electron chi connectivity index (χ2n) is 7.16. The lowest BCUT2D eigenvalue weighted by Crippen LogP contribution is -2.18. The molecule has 0 aliphatic rings. The third-order valence-electron chi connectivity index (χ3n) is 4.90. The summed E-state index contributed by atoms with van der Waals surface area (Å²) in [5, 5.41) is 8.93. The minimum Gasteiger partial charge on any atom is -0.478 e. The van der Waals surface area contributed by atoms with Gasteiger partial charge < -0.3 is 10.0 Å². The molecule has 25 heavy (non-hydrogen) atoms. The molecular formula is C22H37NO2. The molecule has 0 amide bonds. The van der Waals surface area contributed by atoms with Gasteiger partial charge >= 0.3 is 5.97 Å². The molecule has 0 spiro atoms. The highest BCUT2D eigenvalue weighted by molar-refractivity contribution is 5.88. The van der Waals surface area contributed by atoms with Crippen molar-refractivity contribution in [3.05, 3.63) is 29.8 Å². The molecule has 1 aromatic rings. The van der Waals surface area contributed by atoms with Crippen LogP contribution in [0.2, 0.25) is 0 Å². The summed E-state index contributed by atoms with van der Waals surface area (Å²) in [6, 6.07) is 7.14. The zero-order valence-electron chi connectivity index (χ0n) is 16.3. The van der Waals surface area contributed by atoms with Crippen LogP contribution in [-0.4, -0.2) is 24.7 Å². The Balaban J connectivity index is 1.98. The highest BCUT2D eigenvalue weighted by atomic mass is 16.4. The van der Waals surface area contributed by atoms with E-state index in [0.717, 1.165) is 12.2 Å². The topological polar surface area (TPSA) is 40.5 Å². The van der Waals surface area contributed by atoms with E-state index in [1.807, 2.05) is 12.1 Å².